The molecule has 0 saturated carbocycles. The molecule has 2 rings (SSSR count). The van der Waals surface area contributed by atoms with Gasteiger partial charge in [-0.2, -0.15) is 5.10 Å². The van der Waals surface area contributed by atoms with Gasteiger partial charge in [-0.25, -0.2) is 0 Å². The van der Waals surface area contributed by atoms with E-state index in [1.807, 2.05) is 0 Å². The van der Waals surface area contributed by atoms with Gasteiger partial charge in [-0.15, -0.1) is 0 Å². The van der Waals surface area contributed by atoms with Crippen molar-refractivity contribution in [1.82, 2.24) is 0 Å². The van der Waals surface area contributed by atoms with E-state index in [-0.39, 0.29) is 0 Å². The molecule has 0 spiro atoms. The number of nitrogens with one attached hydrogen (secondary N) is 1. The van der Waals surface area contributed by atoms with Gasteiger partial charge in [-0.05, 0) is 24.3 Å². The van der Waals surface area contributed by atoms with E-state index >= 15 is 0 Å². The van der Waals surface area contributed by atoms with Gasteiger partial charge in [0, 0.05) is 10.6 Å². The topological polar surface area (TPSA) is 24.4 Å². The van der Waals surface area contributed by atoms with Gasteiger partial charge < -0.3 is 0 Å². The molecule has 98 valence electrons. The maximum atomic E-state index is 6.02. The monoisotopic (exact) mass is 332 g/mol. The third kappa shape index (κ3) is 3.77. The van der Waals surface area contributed by atoms with Gasteiger partial charge in [0.05, 0.1) is 27.0 Å². The van der Waals surface area contributed by atoms with Gasteiger partial charge in [0.1, 0.15) is 0 Å². The molecule has 0 aliphatic rings. The second-order valence-corrected chi connectivity index (χ2v) is 5.29. The number of hydrogen-bond donors (Lipinski definition) is 1. The predicted molar refractivity (Wildman–Crippen MR) is 84.1 cm³/mol. The maximum absolute atomic E-state index is 6.02. The standard InChI is InChI=1S/C13H8Cl4N2/c14-9-5-4-8(12(17)6-9)7-18-19-13-10(15)2-1-3-11(13)16/h1-7,19H/b18-7-. The van der Waals surface area contributed by atoms with Crippen LogP contribution in [0.1, 0.15) is 5.56 Å². The van der Waals surface area contributed by atoms with Crippen molar-refractivity contribution in [3.63, 3.8) is 0 Å². The lowest BCUT2D eigenvalue weighted by atomic mass is 10.2. The molecule has 0 fully saturated rings. The van der Waals surface area contributed by atoms with Crippen molar-refractivity contribution in [3.8, 4) is 0 Å². The summed E-state index contributed by atoms with van der Waals surface area (Å²) in [6.45, 7) is 0. The quantitative estimate of drug-likeness (QED) is 0.561. The van der Waals surface area contributed by atoms with E-state index in [1.54, 1.807) is 42.6 Å². The first-order valence-corrected chi connectivity index (χ1v) is 6.77. The van der Waals surface area contributed by atoms with Crippen LogP contribution in [0.5, 0.6) is 0 Å². The molecule has 0 unspecified atom stereocenters. The molecule has 2 aromatic rings. The molecule has 1 N–H and O–H groups in total. The summed E-state index contributed by atoms with van der Waals surface area (Å²) in [6, 6.07) is 10.4. The van der Waals surface area contributed by atoms with E-state index in [9.17, 15) is 0 Å². The van der Waals surface area contributed by atoms with Crippen LogP contribution in [-0.4, -0.2) is 6.21 Å². The Morgan fingerprint density at radius 1 is 0.895 bits per heavy atom. The van der Waals surface area contributed by atoms with Crippen molar-refractivity contribution in [2.24, 2.45) is 5.10 Å². The van der Waals surface area contributed by atoms with Crippen LogP contribution >= 0.6 is 46.4 Å². The number of benzene rings is 2. The number of nitrogens with zero attached hydrogens (tertiary/aromatic N) is 1. The summed E-state index contributed by atoms with van der Waals surface area (Å²) in [6.07, 6.45) is 1.57. The van der Waals surface area contributed by atoms with E-state index in [0.29, 0.717) is 25.8 Å². The van der Waals surface area contributed by atoms with Crippen molar-refractivity contribution in [2.45, 2.75) is 0 Å². The molecule has 0 aliphatic heterocycles. The SMILES string of the molecule is Clc1ccc(/C=N\Nc2c(Cl)cccc2Cl)c(Cl)c1. The summed E-state index contributed by atoms with van der Waals surface area (Å²) in [5.41, 5.74) is 4.07. The van der Waals surface area contributed by atoms with Crippen LogP contribution < -0.4 is 5.43 Å². The number of rotatable bonds is 3. The number of halogens is 4. The second kappa shape index (κ2) is 6.49. The summed E-state index contributed by atoms with van der Waals surface area (Å²) in [7, 11) is 0. The van der Waals surface area contributed by atoms with Gasteiger partial charge in [0.15, 0.2) is 0 Å². The van der Waals surface area contributed by atoms with E-state index in [4.69, 9.17) is 46.4 Å². The lowest BCUT2D eigenvalue weighted by Crippen LogP contribution is -1.93. The highest BCUT2D eigenvalue weighted by Gasteiger charge is 2.03. The lowest BCUT2D eigenvalue weighted by molar-refractivity contribution is 1.35. The molecule has 2 nitrogen and oxygen atoms in total. The Labute approximate surface area is 130 Å². The Balaban J connectivity index is 2.16. The van der Waals surface area contributed by atoms with E-state index in [0.717, 1.165) is 5.56 Å². The Hall–Kier alpha value is -0.930. The minimum absolute atomic E-state index is 0.492. The first-order chi connectivity index (χ1) is 9.08. The zero-order chi connectivity index (χ0) is 13.8. The van der Waals surface area contributed by atoms with Crippen molar-refractivity contribution in [3.05, 3.63) is 62.1 Å². The smallest absolute Gasteiger partial charge is 0.0934 e. The molecule has 0 aromatic heterocycles. The van der Waals surface area contributed by atoms with Crippen LogP contribution in [-0.2, 0) is 0 Å². The second-order valence-electron chi connectivity index (χ2n) is 3.63. The van der Waals surface area contributed by atoms with Crippen LogP contribution in [0.25, 0.3) is 0 Å². The van der Waals surface area contributed by atoms with E-state index in [2.05, 4.69) is 10.5 Å². The summed E-state index contributed by atoms with van der Waals surface area (Å²) in [5, 5.41) is 6.13. The number of hydrazone groups is 1. The first-order valence-electron chi connectivity index (χ1n) is 5.26. The number of para-hydroxylation sites is 1. The van der Waals surface area contributed by atoms with E-state index in [1.165, 1.54) is 0 Å². The maximum Gasteiger partial charge on any atom is 0.0934 e. The normalized spacial score (nSPS) is 10.9. The minimum atomic E-state index is 0.492. The van der Waals surface area contributed by atoms with E-state index < -0.39 is 0 Å². The Morgan fingerprint density at radius 3 is 2.21 bits per heavy atom. The molecule has 0 heterocycles. The molecule has 6 heteroatoms. The van der Waals surface area contributed by atoms with Crippen LogP contribution in [0.2, 0.25) is 20.1 Å². The van der Waals surface area contributed by atoms with Crippen LogP contribution in [0, 0.1) is 0 Å². The van der Waals surface area contributed by atoms with Crippen LogP contribution in [0.3, 0.4) is 0 Å². The fraction of sp³-hybridized carbons (Fsp3) is 0. The Morgan fingerprint density at radius 2 is 1.58 bits per heavy atom. The lowest BCUT2D eigenvalue weighted by Gasteiger charge is -2.05. The third-order valence-corrected chi connectivity index (χ3v) is 3.50. The van der Waals surface area contributed by atoms with Gasteiger partial charge in [-0.3, -0.25) is 5.43 Å². The molecule has 0 aliphatic carbocycles. The number of anilines is 1. The summed E-state index contributed by atoms with van der Waals surface area (Å²) < 4.78 is 0. The average Bonchev–Trinajstić information content (AvgIpc) is 2.35. The fourth-order valence-corrected chi connectivity index (χ4v) is 2.32. The van der Waals surface area contributed by atoms with Crippen molar-refractivity contribution in [2.75, 3.05) is 5.43 Å². The van der Waals surface area contributed by atoms with Gasteiger partial charge >= 0.3 is 0 Å². The zero-order valence-corrected chi connectivity index (χ0v) is 12.5. The zero-order valence-electron chi connectivity index (χ0n) is 9.50. The Kier molecular flexibility index (Phi) is 4.94. The average molecular weight is 334 g/mol. The van der Waals surface area contributed by atoms with Gasteiger partial charge in [0.25, 0.3) is 0 Å². The molecular weight excluding hydrogens is 326 g/mol. The predicted octanol–water partition coefficient (Wildman–Crippen LogP) is 5.75. The summed E-state index contributed by atoms with van der Waals surface area (Å²) in [5.74, 6) is 0. The number of hydrogen-bond acceptors (Lipinski definition) is 2. The molecule has 0 amide bonds. The van der Waals surface area contributed by atoms with Crippen LogP contribution in [0.4, 0.5) is 5.69 Å². The van der Waals surface area contributed by atoms with Crippen molar-refractivity contribution < 1.29 is 0 Å². The largest absolute Gasteiger partial charge is 0.275 e. The highest BCUT2D eigenvalue weighted by molar-refractivity contribution is 6.39. The fourth-order valence-electron chi connectivity index (χ4n) is 1.38. The highest BCUT2D eigenvalue weighted by Crippen LogP contribution is 2.29. The molecule has 0 saturated heterocycles. The summed E-state index contributed by atoms with van der Waals surface area (Å²) in [4.78, 5) is 0. The molecular formula is C13H8Cl4N2. The van der Waals surface area contributed by atoms with Gasteiger partial charge in [0.2, 0.25) is 0 Å². The van der Waals surface area contributed by atoms with Crippen molar-refractivity contribution >= 4 is 58.3 Å². The molecule has 0 atom stereocenters. The third-order valence-electron chi connectivity index (χ3n) is 2.31. The highest BCUT2D eigenvalue weighted by atomic mass is 35.5. The Bertz CT molecular complexity index is 606. The molecule has 0 bridgehead atoms. The van der Waals surface area contributed by atoms with Crippen molar-refractivity contribution in [1.29, 1.82) is 0 Å². The molecule has 0 radical (unpaired) electrons. The van der Waals surface area contributed by atoms with Crippen LogP contribution in [0.15, 0.2) is 41.5 Å². The first kappa shape index (κ1) is 14.5. The minimum Gasteiger partial charge on any atom is -0.275 e. The van der Waals surface area contributed by atoms with Gasteiger partial charge in [-0.1, -0.05) is 58.5 Å². The molecule has 19 heavy (non-hydrogen) atoms. The molecule has 2 aromatic carbocycles. The summed E-state index contributed by atoms with van der Waals surface area (Å²) >= 11 is 23.8.